The monoisotopic (exact) mass is 363 g/mol. The molecule has 0 saturated carbocycles. The Balaban J connectivity index is 1.82. The number of amides is 1. The molecule has 25 heavy (non-hydrogen) atoms. The summed E-state index contributed by atoms with van der Waals surface area (Å²) in [5, 5.41) is 2.48. The van der Waals surface area contributed by atoms with Crippen molar-refractivity contribution in [2.24, 2.45) is 0 Å². The number of anilines is 1. The fraction of sp³-hybridized carbons (Fsp3) is 0.111. The number of hydrogen-bond acceptors (Lipinski definition) is 4. The smallest absolute Gasteiger partial charge is 0.331 e. The molecule has 0 saturated heterocycles. The van der Waals surface area contributed by atoms with Gasteiger partial charge in [0.05, 0.1) is 17.8 Å². The van der Waals surface area contributed by atoms with Crippen molar-refractivity contribution in [1.82, 2.24) is 0 Å². The Morgan fingerprint density at radius 3 is 2.56 bits per heavy atom. The molecule has 2 aromatic rings. The van der Waals surface area contributed by atoms with Gasteiger partial charge in [0.2, 0.25) is 0 Å². The van der Waals surface area contributed by atoms with Gasteiger partial charge in [0.15, 0.2) is 6.61 Å². The molecule has 0 bridgehead atoms. The third-order valence-electron chi connectivity index (χ3n) is 3.08. The van der Waals surface area contributed by atoms with Crippen molar-refractivity contribution in [3.63, 3.8) is 0 Å². The van der Waals surface area contributed by atoms with E-state index in [1.165, 1.54) is 12.1 Å². The van der Waals surface area contributed by atoms with Crippen LogP contribution in [-0.4, -0.2) is 25.6 Å². The van der Waals surface area contributed by atoms with Crippen molar-refractivity contribution in [3.05, 3.63) is 64.9 Å². The van der Waals surface area contributed by atoms with Crippen LogP contribution in [0.15, 0.2) is 48.5 Å². The predicted octanol–water partition coefficient (Wildman–Crippen LogP) is 3.68. The molecule has 2 rings (SSSR count). The Bertz CT molecular complexity index is 790. The topological polar surface area (TPSA) is 64.6 Å². The first kappa shape index (κ1) is 18.5. The number of rotatable bonds is 6. The molecule has 5 nitrogen and oxygen atoms in total. The van der Waals surface area contributed by atoms with Crippen LogP contribution >= 0.6 is 11.6 Å². The summed E-state index contributed by atoms with van der Waals surface area (Å²) in [7, 11) is 1.56. The number of ether oxygens (including phenoxy) is 2. The minimum atomic E-state index is -0.670. The van der Waals surface area contributed by atoms with E-state index in [4.69, 9.17) is 21.1 Å². The molecule has 7 heteroatoms. The van der Waals surface area contributed by atoms with E-state index in [2.05, 4.69) is 5.32 Å². The van der Waals surface area contributed by atoms with Gasteiger partial charge in [0.25, 0.3) is 5.91 Å². The minimum absolute atomic E-state index is 0.0547. The van der Waals surface area contributed by atoms with E-state index >= 15 is 0 Å². The molecular formula is C18H15ClFNO4. The molecule has 0 aliphatic rings. The zero-order valence-corrected chi connectivity index (χ0v) is 14.0. The lowest BCUT2D eigenvalue weighted by Crippen LogP contribution is -2.20. The lowest BCUT2D eigenvalue weighted by atomic mass is 10.2. The normalized spacial score (nSPS) is 10.5. The molecular weight excluding hydrogens is 349 g/mol. The maximum absolute atomic E-state index is 12.9. The zero-order valence-electron chi connectivity index (χ0n) is 13.3. The summed E-state index contributed by atoms with van der Waals surface area (Å²) in [5.41, 5.74) is 1.01. The third-order valence-corrected chi connectivity index (χ3v) is 3.39. The largest absolute Gasteiger partial charge is 0.497 e. The molecule has 0 aliphatic carbocycles. The SMILES string of the molecule is COc1ccc(/C=C/C(=O)OCC(=O)Nc2ccc(F)cc2Cl)cc1. The molecule has 0 aromatic heterocycles. The van der Waals surface area contributed by atoms with Crippen molar-refractivity contribution >= 4 is 35.2 Å². The molecule has 0 fully saturated rings. The first-order valence-electron chi connectivity index (χ1n) is 7.22. The summed E-state index contributed by atoms with van der Waals surface area (Å²) in [5.74, 6) is -1.06. The van der Waals surface area contributed by atoms with Crippen LogP contribution in [0.1, 0.15) is 5.56 Å². The van der Waals surface area contributed by atoms with Gasteiger partial charge in [-0.2, -0.15) is 0 Å². The summed E-state index contributed by atoms with van der Waals surface area (Å²) in [6.07, 6.45) is 2.76. The first-order chi connectivity index (χ1) is 12.0. The summed E-state index contributed by atoms with van der Waals surface area (Å²) < 4.78 is 22.8. The first-order valence-corrected chi connectivity index (χ1v) is 7.59. The van der Waals surface area contributed by atoms with Gasteiger partial charge < -0.3 is 14.8 Å². The van der Waals surface area contributed by atoms with E-state index in [9.17, 15) is 14.0 Å². The molecule has 2 aromatic carbocycles. The Morgan fingerprint density at radius 1 is 1.20 bits per heavy atom. The maximum atomic E-state index is 12.9. The number of esters is 1. The van der Waals surface area contributed by atoms with E-state index in [-0.39, 0.29) is 10.7 Å². The standard InChI is InChI=1S/C18H15ClFNO4/c1-24-14-6-2-12(3-7-14)4-9-18(23)25-11-17(22)21-16-8-5-13(20)10-15(16)19/h2-10H,11H2,1H3,(H,21,22)/b9-4+. The van der Waals surface area contributed by atoms with Gasteiger partial charge in [-0.05, 0) is 42.0 Å². The van der Waals surface area contributed by atoms with Crippen molar-refractivity contribution < 1.29 is 23.5 Å². The van der Waals surface area contributed by atoms with Crippen molar-refractivity contribution in [2.45, 2.75) is 0 Å². The molecule has 0 radical (unpaired) electrons. The average Bonchev–Trinajstić information content (AvgIpc) is 2.61. The highest BCUT2D eigenvalue weighted by Gasteiger charge is 2.08. The van der Waals surface area contributed by atoms with E-state index in [0.29, 0.717) is 5.75 Å². The third kappa shape index (κ3) is 5.93. The van der Waals surface area contributed by atoms with E-state index in [1.807, 2.05) is 0 Å². The van der Waals surface area contributed by atoms with Crippen molar-refractivity contribution in [2.75, 3.05) is 19.0 Å². The van der Waals surface area contributed by atoms with Crippen LogP contribution in [0.5, 0.6) is 5.75 Å². The van der Waals surface area contributed by atoms with Gasteiger partial charge in [-0.1, -0.05) is 23.7 Å². The molecule has 1 amide bonds. The molecule has 130 valence electrons. The second kappa shape index (κ2) is 8.84. The summed E-state index contributed by atoms with van der Waals surface area (Å²) in [4.78, 5) is 23.3. The molecule has 0 atom stereocenters. The summed E-state index contributed by atoms with van der Waals surface area (Å²) in [6, 6.07) is 10.6. The highest BCUT2D eigenvalue weighted by molar-refractivity contribution is 6.33. The number of halogens is 2. The van der Waals surface area contributed by atoms with Crippen LogP contribution in [-0.2, 0) is 14.3 Å². The Hall–Kier alpha value is -2.86. The maximum Gasteiger partial charge on any atom is 0.331 e. The average molecular weight is 364 g/mol. The van der Waals surface area contributed by atoms with Gasteiger partial charge in [0, 0.05) is 6.08 Å². The van der Waals surface area contributed by atoms with Gasteiger partial charge >= 0.3 is 5.97 Å². The van der Waals surface area contributed by atoms with Crippen LogP contribution in [0.4, 0.5) is 10.1 Å². The fourth-order valence-corrected chi connectivity index (χ4v) is 2.06. The number of hydrogen-bond donors (Lipinski definition) is 1. The molecule has 1 N–H and O–H groups in total. The highest BCUT2D eigenvalue weighted by Crippen LogP contribution is 2.22. The predicted molar refractivity (Wildman–Crippen MR) is 93.0 cm³/mol. The summed E-state index contributed by atoms with van der Waals surface area (Å²) in [6.45, 7) is -0.487. The van der Waals surface area contributed by atoms with E-state index < -0.39 is 24.3 Å². The lowest BCUT2D eigenvalue weighted by Gasteiger charge is -2.07. The van der Waals surface area contributed by atoms with E-state index in [0.717, 1.165) is 17.7 Å². The van der Waals surface area contributed by atoms with E-state index in [1.54, 1.807) is 37.5 Å². The van der Waals surface area contributed by atoms with Crippen LogP contribution in [0.25, 0.3) is 6.08 Å². The quantitative estimate of drug-likeness (QED) is 0.628. The number of carbonyl (C=O) groups is 2. The van der Waals surface area contributed by atoms with Crippen LogP contribution in [0.2, 0.25) is 5.02 Å². The van der Waals surface area contributed by atoms with Gasteiger partial charge in [0.1, 0.15) is 11.6 Å². The lowest BCUT2D eigenvalue weighted by molar-refractivity contribution is -0.142. The summed E-state index contributed by atoms with van der Waals surface area (Å²) >= 11 is 5.79. The van der Waals surface area contributed by atoms with Gasteiger partial charge in [-0.15, -0.1) is 0 Å². The molecule has 0 unspecified atom stereocenters. The number of methoxy groups -OCH3 is 1. The Kier molecular flexibility index (Phi) is 6.54. The second-order valence-corrected chi connectivity index (χ2v) is 5.29. The zero-order chi connectivity index (χ0) is 18.2. The number of carbonyl (C=O) groups excluding carboxylic acids is 2. The Morgan fingerprint density at radius 2 is 1.92 bits per heavy atom. The molecule has 0 aliphatic heterocycles. The highest BCUT2D eigenvalue weighted by atomic mass is 35.5. The van der Waals surface area contributed by atoms with Crippen molar-refractivity contribution in [3.8, 4) is 5.75 Å². The van der Waals surface area contributed by atoms with Gasteiger partial charge in [-0.3, -0.25) is 4.79 Å². The Labute approximate surface area is 149 Å². The van der Waals surface area contributed by atoms with Crippen LogP contribution < -0.4 is 10.1 Å². The molecule has 0 spiro atoms. The van der Waals surface area contributed by atoms with Gasteiger partial charge in [-0.25, -0.2) is 9.18 Å². The van der Waals surface area contributed by atoms with Crippen molar-refractivity contribution in [1.29, 1.82) is 0 Å². The van der Waals surface area contributed by atoms with Crippen LogP contribution in [0, 0.1) is 5.82 Å². The van der Waals surface area contributed by atoms with Crippen LogP contribution in [0.3, 0.4) is 0 Å². The number of nitrogens with one attached hydrogen (secondary N) is 1. The fourth-order valence-electron chi connectivity index (χ4n) is 1.84. The number of benzene rings is 2. The second-order valence-electron chi connectivity index (χ2n) is 4.89. The minimum Gasteiger partial charge on any atom is -0.497 e. The molecule has 0 heterocycles.